The first-order valence-electron chi connectivity index (χ1n) is 8.26. The number of hydrogen-bond donors (Lipinski definition) is 0. The van der Waals surface area contributed by atoms with E-state index in [1.165, 1.54) is 0 Å². The number of alkyl halides is 1. The van der Waals surface area contributed by atoms with E-state index in [0.29, 0.717) is 13.0 Å². The highest BCUT2D eigenvalue weighted by Gasteiger charge is 2.51. The van der Waals surface area contributed by atoms with Crippen LogP contribution >= 0.6 is 22.6 Å². The van der Waals surface area contributed by atoms with E-state index >= 15 is 0 Å². The third-order valence-electron chi connectivity index (χ3n) is 4.37. The molecule has 1 heterocycles. The lowest BCUT2D eigenvalue weighted by molar-refractivity contribution is -0.167. The standard InChI is InChI=1S/C19H26INO3/c1-13-7-6-8-14(2)16(13)21-12-19(9-10-20,11-15(21)22)17(23)24-18(3,4)5/h6-8H,9-12H2,1-5H3. The first kappa shape index (κ1) is 19.2. The summed E-state index contributed by atoms with van der Waals surface area (Å²) in [4.78, 5) is 27.4. The van der Waals surface area contributed by atoms with Gasteiger partial charge in [0, 0.05) is 23.1 Å². The number of amides is 1. The van der Waals surface area contributed by atoms with E-state index in [4.69, 9.17) is 4.74 Å². The maximum absolute atomic E-state index is 12.9. The maximum Gasteiger partial charge on any atom is 0.314 e. The van der Waals surface area contributed by atoms with Crippen LogP contribution in [0.1, 0.15) is 44.7 Å². The Balaban J connectivity index is 2.37. The smallest absolute Gasteiger partial charge is 0.314 e. The van der Waals surface area contributed by atoms with E-state index in [2.05, 4.69) is 22.6 Å². The number of aryl methyl sites for hydroxylation is 2. The molecule has 24 heavy (non-hydrogen) atoms. The second-order valence-corrected chi connectivity index (χ2v) is 8.70. The third kappa shape index (κ3) is 3.92. The molecule has 0 bridgehead atoms. The van der Waals surface area contributed by atoms with Gasteiger partial charge in [-0.2, -0.15) is 0 Å². The topological polar surface area (TPSA) is 46.6 Å². The molecule has 0 aromatic heterocycles. The summed E-state index contributed by atoms with van der Waals surface area (Å²) in [7, 11) is 0. The number of benzene rings is 1. The molecule has 4 nitrogen and oxygen atoms in total. The summed E-state index contributed by atoms with van der Waals surface area (Å²) in [5, 5.41) is 0. The highest BCUT2D eigenvalue weighted by molar-refractivity contribution is 14.1. The van der Waals surface area contributed by atoms with Gasteiger partial charge in [0.25, 0.3) is 0 Å². The molecule has 1 amide bonds. The minimum Gasteiger partial charge on any atom is -0.459 e. The van der Waals surface area contributed by atoms with Gasteiger partial charge in [0.05, 0.1) is 5.41 Å². The molecule has 2 rings (SSSR count). The molecule has 1 atom stereocenters. The van der Waals surface area contributed by atoms with Crippen LogP contribution in [0.2, 0.25) is 0 Å². The maximum atomic E-state index is 12.9. The molecular formula is C19H26INO3. The molecule has 0 radical (unpaired) electrons. The quantitative estimate of drug-likeness (QED) is 0.398. The van der Waals surface area contributed by atoms with Crippen molar-refractivity contribution in [2.24, 2.45) is 5.41 Å². The lowest BCUT2D eigenvalue weighted by Gasteiger charge is -2.31. The van der Waals surface area contributed by atoms with Crippen molar-refractivity contribution in [1.29, 1.82) is 0 Å². The molecule has 0 N–H and O–H groups in total. The predicted molar refractivity (Wildman–Crippen MR) is 105 cm³/mol. The average Bonchev–Trinajstić information content (AvgIpc) is 2.75. The van der Waals surface area contributed by atoms with Gasteiger partial charge in [0.2, 0.25) is 5.91 Å². The van der Waals surface area contributed by atoms with Gasteiger partial charge in [-0.15, -0.1) is 0 Å². The summed E-state index contributed by atoms with van der Waals surface area (Å²) in [5.41, 5.74) is 1.74. The minimum atomic E-state index is -0.750. The lowest BCUT2D eigenvalue weighted by atomic mass is 9.84. The molecule has 5 heteroatoms. The Kier molecular flexibility index (Phi) is 5.62. The van der Waals surface area contributed by atoms with Gasteiger partial charge in [-0.3, -0.25) is 9.59 Å². The van der Waals surface area contributed by atoms with Crippen molar-refractivity contribution in [1.82, 2.24) is 0 Å². The Morgan fingerprint density at radius 3 is 2.38 bits per heavy atom. The zero-order valence-corrected chi connectivity index (χ0v) is 17.3. The van der Waals surface area contributed by atoms with Crippen LogP contribution < -0.4 is 4.90 Å². The number of para-hydroxylation sites is 1. The van der Waals surface area contributed by atoms with Crippen molar-refractivity contribution >= 4 is 40.2 Å². The lowest BCUT2D eigenvalue weighted by Crippen LogP contribution is -2.40. The Bertz CT molecular complexity index is 630. The highest BCUT2D eigenvalue weighted by atomic mass is 127. The molecule has 1 aliphatic rings. The third-order valence-corrected chi connectivity index (χ3v) is 4.91. The van der Waals surface area contributed by atoms with E-state index < -0.39 is 11.0 Å². The Hall–Kier alpha value is -1.11. The van der Waals surface area contributed by atoms with Crippen molar-refractivity contribution in [2.75, 3.05) is 15.9 Å². The van der Waals surface area contributed by atoms with Crippen LogP contribution in [0.25, 0.3) is 0 Å². The molecule has 1 unspecified atom stereocenters. The fourth-order valence-corrected chi connectivity index (χ4v) is 4.27. The van der Waals surface area contributed by atoms with E-state index in [0.717, 1.165) is 21.2 Å². The predicted octanol–water partition coefficient (Wildman–Crippen LogP) is 4.19. The van der Waals surface area contributed by atoms with E-state index in [9.17, 15) is 9.59 Å². The molecule has 0 aliphatic carbocycles. The van der Waals surface area contributed by atoms with Crippen LogP contribution in [0, 0.1) is 19.3 Å². The number of carbonyl (C=O) groups is 2. The van der Waals surface area contributed by atoms with Crippen molar-refractivity contribution in [3.05, 3.63) is 29.3 Å². The molecule has 1 saturated heterocycles. The van der Waals surface area contributed by atoms with Gasteiger partial charge in [0.1, 0.15) is 5.60 Å². The Labute approximate surface area is 158 Å². The van der Waals surface area contributed by atoms with Crippen LogP contribution in [0.5, 0.6) is 0 Å². The first-order valence-corrected chi connectivity index (χ1v) is 9.78. The summed E-state index contributed by atoms with van der Waals surface area (Å²) in [6.07, 6.45) is 0.869. The number of rotatable bonds is 4. The molecule has 0 spiro atoms. The zero-order valence-electron chi connectivity index (χ0n) is 15.1. The summed E-state index contributed by atoms with van der Waals surface area (Å²) < 4.78 is 6.46. The van der Waals surface area contributed by atoms with Gasteiger partial charge in [0.15, 0.2) is 0 Å². The summed E-state index contributed by atoms with van der Waals surface area (Å²) in [5.74, 6) is -0.253. The van der Waals surface area contributed by atoms with Crippen LogP contribution in [0.15, 0.2) is 18.2 Å². The van der Waals surface area contributed by atoms with E-state index in [1.54, 1.807) is 4.90 Å². The SMILES string of the molecule is Cc1cccc(C)c1N1CC(CCI)(C(=O)OC(C)(C)C)CC1=O. The first-order chi connectivity index (χ1) is 11.1. The monoisotopic (exact) mass is 443 g/mol. The minimum absolute atomic E-state index is 0.00288. The molecule has 0 saturated carbocycles. The highest BCUT2D eigenvalue weighted by Crippen LogP contribution is 2.41. The van der Waals surface area contributed by atoms with Gasteiger partial charge < -0.3 is 9.64 Å². The largest absolute Gasteiger partial charge is 0.459 e. The molecule has 132 valence electrons. The summed E-state index contributed by atoms with van der Waals surface area (Å²) in [6, 6.07) is 5.99. The number of nitrogens with zero attached hydrogens (tertiary/aromatic N) is 1. The summed E-state index contributed by atoms with van der Waals surface area (Å²) >= 11 is 2.26. The number of halogens is 1. The Morgan fingerprint density at radius 2 is 1.88 bits per heavy atom. The molecule has 1 aliphatic heterocycles. The normalized spacial score (nSPS) is 21.2. The number of ether oxygens (including phenoxy) is 1. The van der Waals surface area contributed by atoms with Gasteiger partial charge in [-0.1, -0.05) is 40.8 Å². The second-order valence-electron chi connectivity index (χ2n) is 7.62. The Morgan fingerprint density at radius 1 is 1.29 bits per heavy atom. The number of carbonyl (C=O) groups excluding carboxylic acids is 2. The van der Waals surface area contributed by atoms with Crippen LogP contribution in [-0.2, 0) is 14.3 Å². The molecule has 1 fully saturated rings. The van der Waals surface area contributed by atoms with Crippen LogP contribution in [0.3, 0.4) is 0 Å². The van der Waals surface area contributed by atoms with Gasteiger partial charge in [-0.25, -0.2) is 0 Å². The fraction of sp³-hybridized carbons (Fsp3) is 0.579. The van der Waals surface area contributed by atoms with Crippen molar-refractivity contribution < 1.29 is 14.3 Å². The number of esters is 1. The van der Waals surface area contributed by atoms with E-state index in [-0.39, 0.29) is 18.3 Å². The van der Waals surface area contributed by atoms with Gasteiger partial charge in [-0.05, 0) is 52.2 Å². The van der Waals surface area contributed by atoms with Crippen molar-refractivity contribution in [3.8, 4) is 0 Å². The molecular weight excluding hydrogens is 417 g/mol. The van der Waals surface area contributed by atoms with E-state index in [1.807, 2.05) is 52.8 Å². The fourth-order valence-electron chi connectivity index (χ4n) is 3.24. The average molecular weight is 443 g/mol. The second kappa shape index (κ2) is 7.02. The number of hydrogen-bond acceptors (Lipinski definition) is 3. The van der Waals surface area contributed by atoms with Crippen molar-refractivity contribution in [2.45, 2.75) is 53.1 Å². The van der Waals surface area contributed by atoms with Gasteiger partial charge >= 0.3 is 5.97 Å². The van der Waals surface area contributed by atoms with Crippen LogP contribution in [0.4, 0.5) is 5.69 Å². The molecule has 1 aromatic carbocycles. The molecule has 1 aromatic rings. The van der Waals surface area contributed by atoms with Crippen LogP contribution in [-0.4, -0.2) is 28.4 Å². The van der Waals surface area contributed by atoms with Crippen molar-refractivity contribution in [3.63, 3.8) is 0 Å². The summed E-state index contributed by atoms with van der Waals surface area (Å²) in [6.45, 7) is 9.99. The number of anilines is 1. The zero-order chi connectivity index (χ0) is 18.1.